The number of hydrogen-bond acceptors (Lipinski definition) is 0. The molecule has 2 aliphatic heterocycles. The standard InChI is InChI=1S/C24H28P2/c1-17-15-25(21-11-7-5-8-12-21)23(19(17)3)24-20(4)18(2)16-26(24)22-13-9-6-10-14-22/h5-14,23-24H,15-16H2,1-4H3/t23-,24-,25?,26?/m0/s1. The van der Waals surface area contributed by atoms with E-state index in [1.807, 2.05) is 0 Å². The predicted molar refractivity (Wildman–Crippen MR) is 120 cm³/mol. The highest BCUT2D eigenvalue weighted by Gasteiger charge is 2.44. The minimum atomic E-state index is -0.148. The van der Waals surface area contributed by atoms with Gasteiger partial charge in [0.2, 0.25) is 0 Å². The van der Waals surface area contributed by atoms with Crippen molar-refractivity contribution in [1.29, 1.82) is 0 Å². The fourth-order valence-corrected chi connectivity index (χ4v) is 12.0. The first-order chi connectivity index (χ1) is 12.6. The summed E-state index contributed by atoms with van der Waals surface area (Å²) in [6, 6.07) is 22.7. The van der Waals surface area contributed by atoms with Gasteiger partial charge in [0.1, 0.15) is 0 Å². The van der Waals surface area contributed by atoms with Gasteiger partial charge in [-0.1, -0.05) is 98.8 Å². The molecule has 2 unspecified atom stereocenters. The summed E-state index contributed by atoms with van der Waals surface area (Å²) < 4.78 is 0. The lowest BCUT2D eigenvalue weighted by Gasteiger charge is -2.34. The minimum Gasteiger partial charge on any atom is -0.0691 e. The molecule has 2 aliphatic rings. The van der Waals surface area contributed by atoms with E-state index in [0.29, 0.717) is 0 Å². The Morgan fingerprint density at radius 3 is 1.27 bits per heavy atom. The average Bonchev–Trinajstić information content (AvgIpc) is 3.13. The second-order valence-electron chi connectivity index (χ2n) is 7.74. The lowest BCUT2D eigenvalue weighted by Crippen LogP contribution is -2.28. The molecule has 0 aromatic heterocycles. The van der Waals surface area contributed by atoms with Gasteiger partial charge in [-0.2, -0.15) is 0 Å². The summed E-state index contributed by atoms with van der Waals surface area (Å²) in [5.41, 5.74) is 8.09. The maximum Gasteiger partial charge on any atom is 0.0152 e. The first-order valence-corrected chi connectivity index (χ1v) is 12.7. The van der Waals surface area contributed by atoms with Crippen molar-refractivity contribution in [3.63, 3.8) is 0 Å². The molecule has 2 aromatic rings. The molecule has 0 saturated carbocycles. The van der Waals surface area contributed by atoms with Crippen LogP contribution in [-0.4, -0.2) is 23.6 Å². The summed E-state index contributed by atoms with van der Waals surface area (Å²) in [6.45, 7) is 9.59. The first kappa shape index (κ1) is 18.2. The fraction of sp³-hybridized carbons (Fsp3) is 0.333. The maximum absolute atomic E-state index is 2.42. The Morgan fingerprint density at radius 2 is 0.923 bits per heavy atom. The zero-order valence-electron chi connectivity index (χ0n) is 16.2. The van der Waals surface area contributed by atoms with E-state index in [0.717, 1.165) is 11.3 Å². The van der Waals surface area contributed by atoms with Crippen molar-refractivity contribution in [1.82, 2.24) is 0 Å². The van der Waals surface area contributed by atoms with E-state index in [1.165, 1.54) is 12.3 Å². The van der Waals surface area contributed by atoms with Crippen LogP contribution in [-0.2, 0) is 0 Å². The number of rotatable bonds is 3. The Kier molecular flexibility index (Phi) is 5.18. The molecule has 4 rings (SSSR count). The van der Waals surface area contributed by atoms with E-state index in [-0.39, 0.29) is 15.8 Å². The lowest BCUT2D eigenvalue weighted by molar-refractivity contribution is 0.949. The Labute approximate surface area is 160 Å². The van der Waals surface area contributed by atoms with Crippen molar-refractivity contribution in [3.8, 4) is 0 Å². The summed E-state index contributed by atoms with van der Waals surface area (Å²) in [5.74, 6) is 0. The fourth-order valence-electron chi connectivity index (χ4n) is 4.49. The van der Waals surface area contributed by atoms with E-state index < -0.39 is 0 Å². The number of hydrogen-bond donors (Lipinski definition) is 0. The van der Waals surface area contributed by atoms with Gasteiger partial charge in [-0.25, -0.2) is 0 Å². The monoisotopic (exact) mass is 378 g/mol. The Morgan fingerprint density at radius 1 is 0.577 bits per heavy atom. The molecular weight excluding hydrogens is 350 g/mol. The van der Waals surface area contributed by atoms with Gasteiger partial charge in [-0.05, 0) is 50.6 Å². The van der Waals surface area contributed by atoms with Crippen molar-refractivity contribution in [2.75, 3.05) is 12.3 Å². The Bertz CT molecular complexity index is 775. The van der Waals surface area contributed by atoms with Crippen LogP contribution in [0.2, 0.25) is 0 Å². The Hall–Kier alpha value is -1.22. The summed E-state index contributed by atoms with van der Waals surface area (Å²) in [5, 5.41) is 3.17. The van der Waals surface area contributed by atoms with Crippen LogP contribution in [0.5, 0.6) is 0 Å². The highest BCUT2D eigenvalue weighted by atomic mass is 31.1. The van der Waals surface area contributed by atoms with Crippen LogP contribution in [0, 0.1) is 0 Å². The average molecular weight is 378 g/mol. The lowest BCUT2D eigenvalue weighted by atomic mass is 10.0. The SMILES string of the molecule is CC1=C(C)[C@@H]([C@@H]2C(C)=C(C)CP2c2ccccc2)P(c2ccccc2)C1. The minimum absolute atomic E-state index is 0.148. The number of benzene rings is 2. The van der Waals surface area contributed by atoms with Gasteiger partial charge in [-0.15, -0.1) is 0 Å². The van der Waals surface area contributed by atoms with Crippen molar-refractivity contribution >= 4 is 26.5 Å². The molecule has 0 fully saturated rings. The summed E-state index contributed by atoms with van der Waals surface area (Å²) in [6.07, 6.45) is 2.58. The van der Waals surface area contributed by atoms with Crippen LogP contribution in [0.1, 0.15) is 27.7 Å². The second kappa shape index (κ2) is 7.42. The molecule has 0 radical (unpaired) electrons. The smallest absolute Gasteiger partial charge is 0.0152 e. The zero-order chi connectivity index (χ0) is 18.3. The third kappa shape index (κ3) is 3.13. The summed E-state index contributed by atoms with van der Waals surface area (Å²) >= 11 is 0. The number of allylic oxidation sites excluding steroid dienone is 4. The van der Waals surface area contributed by atoms with Crippen LogP contribution in [0.15, 0.2) is 83.0 Å². The van der Waals surface area contributed by atoms with Gasteiger partial charge in [0.05, 0.1) is 0 Å². The molecule has 0 bridgehead atoms. The van der Waals surface area contributed by atoms with Crippen LogP contribution < -0.4 is 10.6 Å². The van der Waals surface area contributed by atoms with E-state index in [2.05, 4.69) is 88.4 Å². The van der Waals surface area contributed by atoms with Gasteiger partial charge in [0.15, 0.2) is 0 Å². The molecule has 2 heterocycles. The molecule has 2 heteroatoms. The molecule has 2 aromatic carbocycles. The third-order valence-electron chi connectivity index (χ3n) is 6.19. The molecule has 0 spiro atoms. The normalized spacial score (nSPS) is 28.9. The van der Waals surface area contributed by atoms with Crippen LogP contribution >= 0.6 is 15.8 Å². The molecule has 4 atom stereocenters. The molecule has 134 valence electrons. The predicted octanol–water partition coefficient (Wildman–Crippen LogP) is 6.04. The van der Waals surface area contributed by atoms with Crippen molar-refractivity contribution in [3.05, 3.63) is 83.0 Å². The van der Waals surface area contributed by atoms with Crippen molar-refractivity contribution in [2.45, 2.75) is 39.0 Å². The highest BCUT2D eigenvalue weighted by Crippen LogP contribution is 2.63. The largest absolute Gasteiger partial charge is 0.0691 e. The second-order valence-corrected chi connectivity index (χ2v) is 12.4. The molecule has 0 saturated heterocycles. The van der Waals surface area contributed by atoms with Crippen molar-refractivity contribution in [2.24, 2.45) is 0 Å². The topological polar surface area (TPSA) is 0 Å². The first-order valence-electron chi connectivity index (χ1n) is 9.54. The molecule has 26 heavy (non-hydrogen) atoms. The molecular formula is C24H28P2. The van der Waals surface area contributed by atoms with Crippen LogP contribution in [0.4, 0.5) is 0 Å². The summed E-state index contributed by atoms with van der Waals surface area (Å²) in [7, 11) is -0.296. The van der Waals surface area contributed by atoms with Gasteiger partial charge in [0, 0.05) is 11.3 Å². The van der Waals surface area contributed by atoms with E-state index in [4.69, 9.17) is 0 Å². The van der Waals surface area contributed by atoms with E-state index in [1.54, 1.807) is 32.9 Å². The van der Waals surface area contributed by atoms with Gasteiger partial charge >= 0.3 is 0 Å². The van der Waals surface area contributed by atoms with Crippen molar-refractivity contribution < 1.29 is 0 Å². The van der Waals surface area contributed by atoms with Gasteiger partial charge in [-0.3, -0.25) is 0 Å². The molecule has 0 N–H and O–H groups in total. The van der Waals surface area contributed by atoms with Gasteiger partial charge < -0.3 is 0 Å². The quantitative estimate of drug-likeness (QED) is 0.451. The Balaban J connectivity index is 1.78. The van der Waals surface area contributed by atoms with E-state index >= 15 is 0 Å². The van der Waals surface area contributed by atoms with E-state index in [9.17, 15) is 0 Å². The highest BCUT2D eigenvalue weighted by molar-refractivity contribution is 7.71. The molecule has 0 aliphatic carbocycles. The zero-order valence-corrected chi connectivity index (χ0v) is 18.0. The van der Waals surface area contributed by atoms with Crippen LogP contribution in [0.25, 0.3) is 0 Å². The molecule has 0 amide bonds. The molecule has 0 nitrogen and oxygen atoms in total. The third-order valence-corrected chi connectivity index (χ3v) is 12.7. The summed E-state index contributed by atoms with van der Waals surface area (Å²) in [4.78, 5) is 0. The van der Waals surface area contributed by atoms with Gasteiger partial charge in [0.25, 0.3) is 0 Å². The maximum atomic E-state index is 2.42. The van der Waals surface area contributed by atoms with Crippen LogP contribution in [0.3, 0.4) is 0 Å².